The minimum atomic E-state index is -0.762. The minimum absolute atomic E-state index is 0.0229. The summed E-state index contributed by atoms with van der Waals surface area (Å²) in [4.78, 5) is 24.1. The molecule has 1 heterocycles. The number of aryl methyl sites for hydroxylation is 3. The first-order valence-electron chi connectivity index (χ1n) is 8.77. The number of carbonyl (C=O) groups is 1. The molecule has 5 nitrogen and oxygen atoms in total. The van der Waals surface area contributed by atoms with Crippen molar-refractivity contribution in [2.45, 2.75) is 40.4 Å². The van der Waals surface area contributed by atoms with Gasteiger partial charge in [-0.3, -0.25) is 0 Å². The van der Waals surface area contributed by atoms with E-state index < -0.39 is 17.7 Å². The normalized spacial score (nSPS) is 12.0. The predicted molar refractivity (Wildman–Crippen MR) is 103 cm³/mol. The van der Waals surface area contributed by atoms with E-state index in [1.165, 1.54) is 6.07 Å². The van der Waals surface area contributed by atoms with Crippen molar-refractivity contribution in [1.82, 2.24) is 0 Å². The number of esters is 1. The lowest BCUT2D eigenvalue weighted by molar-refractivity contribution is -0.152. The maximum Gasteiger partial charge on any atom is 0.347 e. The Balaban J connectivity index is 1.75. The van der Waals surface area contributed by atoms with Crippen molar-refractivity contribution in [3.63, 3.8) is 0 Å². The molecule has 0 N–H and O–H groups in total. The van der Waals surface area contributed by atoms with Gasteiger partial charge in [0.1, 0.15) is 17.9 Å². The van der Waals surface area contributed by atoms with Crippen LogP contribution >= 0.6 is 0 Å². The Morgan fingerprint density at radius 3 is 2.56 bits per heavy atom. The second kappa shape index (κ2) is 7.66. The summed E-state index contributed by atoms with van der Waals surface area (Å²) in [5, 5.41) is 0.762. The molecule has 1 atom stereocenters. The number of benzene rings is 2. The van der Waals surface area contributed by atoms with Crippen LogP contribution in [0.4, 0.5) is 0 Å². The molecule has 1 aromatic heterocycles. The van der Waals surface area contributed by atoms with E-state index in [1.54, 1.807) is 13.0 Å². The summed E-state index contributed by atoms with van der Waals surface area (Å²) in [6.45, 7) is 7.49. The van der Waals surface area contributed by atoms with Gasteiger partial charge in [-0.25, -0.2) is 9.59 Å². The van der Waals surface area contributed by atoms with Gasteiger partial charge < -0.3 is 13.9 Å². The van der Waals surface area contributed by atoms with Crippen molar-refractivity contribution in [1.29, 1.82) is 0 Å². The third-order valence-electron chi connectivity index (χ3n) is 4.45. The zero-order chi connectivity index (χ0) is 19.6. The standard InChI is InChI=1S/C22H22O5/c1-13-6-5-7-18(8-13)26-16(4)22(24)25-12-17-11-21(23)27-20-10-15(3)14(2)9-19(17)20/h5-11,16H,12H2,1-4H3/t16-/m1/s1. The van der Waals surface area contributed by atoms with Gasteiger partial charge in [-0.05, 0) is 68.7 Å². The van der Waals surface area contributed by atoms with Gasteiger partial charge in [0.25, 0.3) is 0 Å². The number of ether oxygens (including phenoxy) is 2. The van der Waals surface area contributed by atoms with Crippen molar-refractivity contribution < 1.29 is 18.7 Å². The number of rotatable bonds is 5. The maximum atomic E-state index is 12.3. The van der Waals surface area contributed by atoms with Gasteiger partial charge >= 0.3 is 11.6 Å². The molecule has 27 heavy (non-hydrogen) atoms. The highest BCUT2D eigenvalue weighted by Crippen LogP contribution is 2.22. The quantitative estimate of drug-likeness (QED) is 0.499. The third kappa shape index (κ3) is 4.37. The van der Waals surface area contributed by atoms with Gasteiger partial charge in [0, 0.05) is 17.0 Å². The van der Waals surface area contributed by atoms with Crippen molar-refractivity contribution in [3.8, 4) is 5.75 Å². The fourth-order valence-corrected chi connectivity index (χ4v) is 2.81. The summed E-state index contributed by atoms with van der Waals surface area (Å²) < 4.78 is 16.3. The summed E-state index contributed by atoms with van der Waals surface area (Å²) in [5.41, 5.74) is 3.77. The summed E-state index contributed by atoms with van der Waals surface area (Å²) in [6, 6.07) is 12.6. The van der Waals surface area contributed by atoms with Gasteiger partial charge in [-0.2, -0.15) is 0 Å². The molecule has 0 unspecified atom stereocenters. The lowest BCUT2D eigenvalue weighted by Crippen LogP contribution is -2.26. The second-order valence-corrected chi connectivity index (χ2v) is 6.71. The van der Waals surface area contributed by atoms with E-state index in [2.05, 4.69) is 0 Å². The lowest BCUT2D eigenvalue weighted by atomic mass is 10.0. The van der Waals surface area contributed by atoms with Gasteiger partial charge in [0.05, 0.1) is 0 Å². The van der Waals surface area contributed by atoms with Crippen LogP contribution in [0.2, 0.25) is 0 Å². The topological polar surface area (TPSA) is 65.7 Å². The Labute approximate surface area is 157 Å². The molecule has 0 saturated carbocycles. The van der Waals surface area contributed by atoms with Crippen molar-refractivity contribution in [2.75, 3.05) is 0 Å². The molecule has 0 spiro atoms. The Hall–Kier alpha value is -3.08. The van der Waals surface area contributed by atoms with Crippen LogP contribution in [0.5, 0.6) is 5.75 Å². The molecule has 2 aromatic carbocycles. The van der Waals surface area contributed by atoms with Crippen molar-refractivity contribution in [3.05, 3.63) is 75.1 Å². The van der Waals surface area contributed by atoms with E-state index in [1.807, 2.05) is 51.1 Å². The molecule has 5 heteroatoms. The van der Waals surface area contributed by atoms with Crippen molar-refractivity contribution in [2.24, 2.45) is 0 Å². The fraction of sp³-hybridized carbons (Fsp3) is 0.273. The molecule has 0 bridgehead atoms. The van der Waals surface area contributed by atoms with E-state index in [9.17, 15) is 9.59 Å². The molecular formula is C22H22O5. The van der Waals surface area contributed by atoms with Gasteiger partial charge in [-0.15, -0.1) is 0 Å². The molecule has 0 aliphatic rings. The van der Waals surface area contributed by atoms with Gasteiger partial charge in [0.2, 0.25) is 0 Å². The Bertz CT molecular complexity index is 1050. The predicted octanol–water partition coefficient (Wildman–Crippen LogP) is 4.23. The zero-order valence-electron chi connectivity index (χ0n) is 15.9. The van der Waals surface area contributed by atoms with Crippen molar-refractivity contribution >= 4 is 16.9 Å². The van der Waals surface area contributed by atoms with Crippen LogP contribution in [-0.2, 0) is 16.1 Å². The van der Waals surface area contributed by atoms with E-state index in [0.29, 0.717) is 16.9 Å². The molecule has 0 amide bonds. The molecule has 0 fully saturated rings. The highest BCUT2D eigenvalue weighted by Gasteiger charge is 2.18. The number of hydrogen-bond donors (Lipinski definition) is 0. The summed E-state index contributed by atoms with van der Waals surface area (Å²) in [6.07, 6.45) is -0.762. The first-order chi connectivity index (χ1) is 12.8. The van der Waals surface area contributed by atoms with Crippen LogP contribution in [0.3, 0.4) is 0 Å². The van der Waals surface area contributed by atoms with Crippen LogP contribution in [0, 0.1) is 20.8 Å². The molecule has 0 saturated heterocycles. The minimum Gasteiger partial charge on any atom is -0.479 e. The van der Waals surface area contributed by atoms with Crippen LogP contribution < -0.4 is 10.4 Å². The van der Waals surface area contributed by atoms with Gasteiger partial charge in [-0.1, -0.05) is 12.1 Å². The fourth-order valence-electron chi connectivity index (χ4n) is 2.81. The summed E-state index contributed by atoms with van der Waals surface area (Å²) >= 11 is 0. The number of hydrogen-bond acceptors (Lipinski definition) is 5. The molecule has 140 valence electrons. The smallest absolute Gasteiger partial charge is 0.347 e. The first kappa shape index (κ1) is 18.7. The molecule has 0 aliphatic heterocycles. The Morgan fingerprint density at radius 1 is 1.07 bits per heavy atom. The van der Waals surface area contributed by atoms with Crippen LogP contribution in [0.25, 0.3) is 11.0 Å². The lowest BCUT2D eigenvalue weighted by Gasteiger charge is -2.15. The van der Waals surface area contributed by atoms with E-state index in [0.717, 1.165) is 22.1 Å². The van der Waals surface area contributed by atoms with E-state index >= 15 is 0 Å². The molecule has 3 aromatic rings. The number of carbonyl (C=O) groups excluding carboxylic acids is 1. The van der Waals surface area contributed by atoms with E-state index in [-0.39, 0.29) is 6.61 Å². The number of fused-ring (bicyclic) bond motifs is 1. The average Bonchev–Trinajstić information content (AvgIpc) is 2.61. The van der Waals surface area contributed by atoms with Crippen LogP contribution in [0.1, 0.15) is 29.2 Å². The largest absolute Gasteiger partial charge is 0.479 e. The van der Waals surface area contributed by atoms with Crippen LogP contribution in [0.15, 0.2) is 51.7 Å². The Morgan fingerprint density at radius 2 is 1.81 bits per heavy atom. The van der Waals surface area contributed by atoms with E-state index in [4.69, 9.17) is 13.9 Å². The maximum absolute atomic E-state index is 12.3. The molecule has 3 rings (SSSR count). The SMILES string of the molecule is Cc1cccc(O[C@H](C)C(=O)OCc2cc(=O)oc3cc(C)c(C)cc23)c1. The average molecular weight is 366 g/mol. The highest BCUT2D eigenvalue weighted by atomic mass is 16.6. The Kier molecular flexibility index (Phi) is 5.31. The molecule has 0 aliphatic carbocycles. The second-order valence-electron chi connectivity index (χ2n) is 6.71. The highest BCUT2D eigenvalue weighted by molar-refractivity contribution is 5.82. The molecule has 0 radical (unpaired) electrons. The molecular weight excluding hydrogens is 344 g/mol. The van der Waals surface area contributed by atoms with Gasteiger partial charge in [0.15, 0.2) is 6.10 Å². The third-order valence-corrected chi connectivity index (χ3v) is 4.45. The summed E-state index contributed by atoms with van der Waals surface area (Å²) in [5.74, 6) is 0.109. The monoisotopic (exact) mass is 366 g/mol. The first-order valence-corrected chi connectivity index (χ1v) is 8.77. The summed E-state index contributed by atoms with van der Waals surface area (Å²) in [7, 11) is 0. The van der Waals surface area contributed by atoms with Crippen LogP contribution in [-0.4, -0.2) is 12.1 Å². The zero-order valence-corrected chi connectivity index (χ0v) is 15.9.